The van der Waals surface area contributed by atoms with Crippen LogP contribution in [0.15, 0.2) is 4.99 Å². The minimum Gasteiger partial charge on any atom is -0.361 e. The van der Waals surface area contributed by atoms with Gasteiger partial charge in [0.1, 0.15) is 0 Å². The van der Waals surface area contributed by atoms with Gasteiger partial charge in [0.15, 0.2) is 5.17 Å². The topological polar surface area (TPSA) is 24.4 Å². The predicted molar refractivity (Wildman–Crippen MR) is 59.3 cm³/mol. The normalized spacial score (nSPS) is 31.8. The maximum absolute atomic E-state index is 4.61. The van der Waals surface area contributed by atoms with Crippen LogP contribution in [0.3, 0.4) is 0 Å². The quantitative estimate of drug-likeness (QED) is 0.752. The largest absolute Gasteiger partial charge is 0.361 e. The summed E-state index contributed by atoms with van der Waals surface area (Å²) in [6, 6.07) is 0.671. The zero-order chi connectivity index (χ0) is 9.10. The highest BCUT2D eigenvalue weighted by Gasteiger charge is 2.20. The molecule has 1 unspecified atom stereocenters. The highest BCUT2D eigenvalue weighted by Crippen LogP contribution is 2.27. The Morgan fingerprint density at radius 1 is 1.54 bits per heavy atom. The van der Waals surface area contributed by atoms with Crippen LogP contribution in [0.1, 0.15) is 32.6 Å². The Balaban J connectivity index is 1.74. The van der Waals surface area contributed by atoms with Crippen molar-refractivity contribution in [1.29, 1.82) is 0 Å². The van der Waals surface area contributed by atoms with Crippen LogP contribution in [-0.4, -0.2) is 23.5 Å². The van der Waals surface area contributed by atoms with Gasteiger partial charge in [-0.05, 0) is 25.2 Å². The number of thioether (sulfide) groups is 1. The minimum atomic E-state index is 0.671. The molecule has 13 heavy (non-hydrogen) atoms. The summed E-state index contributed by atoms with van der Waals surface area (Å²) in [6.45, 7) is 3.29. The van der Waals surface area contributed by atoms with Gasteiger partial charge in [0, 0.05) is 18.3 Å². The molecule has 1 atom stereocenters. The fourth-order valence-electron chi connectivity index (χ4n) is 1.64. The smallest absolute Gasteiger partial charge is 0.156 e. The second kappa shape index (κ2) is 4.36. The van der Waals surface area contributed by atoms with Crippen molar-refractivity contribution >= 4 is 16.9 Å². The summed E-state index contributed by atoms with van der Waals surface area (Å²) in [5.41, 5.74) is 0. The molecule has 1 aliphatic heterocycles. The summed E-state index contributed by atoms with van der Waals surface area (Å²) in [5, 5.41) is 4.65. The van der Waals surface area contributed by atoms with E-state index in [1.807, 2.05) is 11.8 Å². The van der Waals surface area contributed by atoms with E-state index in [9.17, 15) is 0 Å². The zero-order valence-corrected chi connectivity index (χ0v) is 9.07. The van der Waals surface area contributed by atoms with E-state index in [1.165, 1.54) is 36.6 Å². The number of aliphatic imine (C=N–C) groups is 1. The third-order valence-electron chi connectivity index (χ3n) is 2.96. The lowest BCUT2D eigenvalue weighted by molar-refractivity contribution is 0.326. The monoisotopic (exact) mass is 198 g/mol. The van der Waals surface area contributed by atoms with Crippen LogP contribution < -0.4 is 5.32 Å². The molecule has 2 nitrogen and oxygen atoms in total. The number of rotatable bonds is 3. The van der Waals surface area contributed by atoms with Gasteiger partial charge in [-0.25, -0.2) is 0 Å². The van der Waals surface area contributed by atoms with Gasteiger partial charge < -0.3 is 5.32 Å². The Labute approximate surface area is 84.6 Å². The van der Waals surface area contributed by atoms with E-state index in [0.717, 1.165) is 12.5 Å². The van der Waals surface area contributed by atoms with Gasteiger partial charge in [0.2, 0.25) is 0 Å². The Bertz CT molecular complexity index is 199. The molecule has 0 radical (unpaired) electrons. The highest BCUT2D eigenvalue weighted by atomic mass is 32.2. The summed E-state index contributed by atoms with van der Waals surface area (Å²) >= 11 is 1.89. The summed E-state index contributed by atoms with van der Waals surface area (Å²) in [5.74, 6) is 2.11. The first-order valence-corrected chi connectivity index (χ1v) is 6.31. The lowest BCUT2D eigenvalue weighted by atomic mass is 9.86. The Hall–Kier alpha value is -0.180. The van der Waals surface area contributed by atoms with Crippen LogP contribution in [0, 0.1) is 5.92 Å². The Morgan fingerprint density at radius 2 is 2.38 bits per heavy atom. The molecule has 74 valence electrons. The molecule has 0 amide bonds. The van der Waals surface area contributed by atoms with Crippen LogP contribution >= 0.6 is 11.8 Å². The van der Waals surface area contributed by atoms with Crippen LogP contribution in [0.4, 0.5) is 0 Å². The summed E-state index contributed by atoms with van der Waals surface area (Å²) in [4.78, 5) is 4.61. The maximum atomic E-state index is 4.61. The SMILES string of the molecule is CCC1CSC(=NCC2CCC2)N1. The molecular weight excluding hydrogens is 180 g/mol. The standard InChI is InChI=1S/C10H18N2S/c1-2-9-7-13-10(12-9)11-6-8-4-3-5-8/h8-9H,2-7H2,1H3,(H,11,12). The first-order chi connectivity index (χ1) is 6.38. The van der Waals surface area contributed by atoms with Gasteiger partial charge in [-0.3, -0.25) is 4.99 Å². The van der Waals surface area contributed by atoms with Crippen molar-refractivity contribution in [3.8, 4) is 0 Å². The summed E-state index contributed by atoms with van der Waals surface area (Å²) < 4.78 is 0. The first-order valence-electron chi connectivity index (χ1n) is 5.32. The van der Waals surface area contributed by atoms with Gasteiger partial charge in [-0.15, -0.1) is 0 Å². The van der Waals surface area contributed by atoms with E-state index in [2.05, 4.69) is 17.2 Å². The average Bonchev–Trinajstić information content (AvgIpc) is 2.49. The molecule has 3 heteroatoms. The second-order valence-electron chi connectivity index (χ2n) is 4.00. The van der Waals surface area contributed by atoms with Crippen molar-refractivity contribution in [1.82, 2.24) is 5.32 Å². The number of nitrogens with zero attached hydrogens (tertiary/aromatic N) is 1. The van der Waals surface area contributed by atoms with Crippen molar-refractivity contribution in [2.45, 2.75) is 38.6 Å². The minimum absolute atomic E-state index is 0.671. The number of hydrogen-bond donors (Lipinski definition) is 1. The van der Waals surface area contributed by atoms with Crippen molar-refractivity contribution < 1.29 is 0 Å². The average molecular weight is 198 g/mol. The van der Waals surface area contributed by atoms with E-state index in [-0.39, 0.29) is 0 Å². The second-order valence-corrected chi connectivity index (χ2v) is 5.01. The fourth-order valence-corrected chi connectivity index (χ4v) is 2.73. The van der Waals surface area contributed by atoms with E-state index in [1.54, 1.807) is 0 Å². The molecule has 1 aliphatic carbocycles. The third-order valence-corrected chi connectivity index (χ3v) is 4.05. The number of amidine groups is 1. The summed E-state index contributed by atoms with van der Waals surface area (Å²) in [7, 11) is 0. The Kier molecular flexibility index (Phi) is 3.14. The molecule has 2 fully saturated rings. The van der Waals surface area contributed by atoms with Crippen molar-refractivity contribution in [3.05, 3.63) is 0 Å². The van der Waals surface area contributed by atoms with Crippen molar-refractivity contribution in [3.63, 3.8) is 0 Å². The molecule has 0 spiro atoms. The lowest BCUT2D eigenvalue weighted by Crippen LogP contribution is -2.26. The van der Waals surface area contributed by atoms with E-state index < -0.39 is 0 Å². The van der Waals surface area contributed by atoms with Crippen LogP contribution in [-0.2, 0) is 0 Å². The lowest BCUT2D eigenvalue weighted by Gasteiger charge is -2.23. The zero-order valence-electron chi connectivity index (χ0n) is 8.25. The molecule has 1 N–H and O–H groups in total. The van der Waals surface area contributed by atoms with Crippen molar-refractivity contribution in [2.24, 2.45) is 10.9 Å². The van der Waals surface area contributed by atoms with Gasteiger partial charge in [-0.2, -0.15) is 0 Å². The van der Waals surface area contributed by atoms with Gasteiger partial charge in [0.25, 0.3) is 0 Å². The fraction of sp³-hybridized carbons (Fsp3) is 0.900. The first kappa shape index (κ1) is 9.38. The van der Waals surface area contributed by atoms with E-state index in [4.69, 9.17) is 0 Å². The predicted octanol–water partition coefficient (Wildman–Crippen LogP) is 2.26. The van der Waals surface area contributed by atoms with E-state index >= 15 is 0 Å². The molecule has 0 aromatic heterocycles. The third kappa shape index (κ3) is 2.39. The maximum Gasteiger partial charge on any atom is 0.156 e. The molecule has 2 rings (SSSR count). The summed E-state index contributed by atoms with van der Waals surface area (Å²) in [6.07, 6.45) is 5.44. The molecule has 0 aromatic rings. The molecule has 2 aliphatic rings. The molecule has 0 bridgehead atoms. The van der Waals surface area contributed by atoms with Crippen LogP contribution in [0.2, 0.25) is 0 Å². The van der Waals surface area contributed by atoms with E-state index in [0.29, 0.717) is 6.04 Å². The van der Waals surface area contributed by atoms with Crippen molar-refractivity contribution in [2.75, 3.05) is 12.3 Å². The highest BCUT2D eigenvalue weighted by molar-refractivity contribution is 8.14. The Morgan fingerprint density at radius 3 is 2.92 bits per heavy atom. The molecular formula is C10H18N2S. The van der Waals surface area contributed by atoms with Gasteiger partial charge in [0.05, 0.1) is 0 Å². The number of hydrogen-bond acceptors (Lipinski definition) is 2. The molecule has 0 aromatic carbocycles. The molecule has 1 saturated carbocycles. The van der Waals surface area contributed by atoms with Gasteiger partial charge >= 0.3 is 0 Å². The van der Waals surface area contributed by atoms with Crippen LogP contribution in [0.5, 0.6) is 0 Å². The number of nitrogens with one attached hydrogen (secondary N) is 1. The van der Waals surface area contributed by atoms with Gasteiger partial charge in [-0.1, -0.05) is 25.1 Å². The van der Waals surface area contributed by atoms with Crippen LogP contribution in [0.25, 0.3) is 0 Å². The molecule has 1 heterocycles. The molecule has 1 saturated heterocycles.